The van der Waals surface area contributed by atoms with E-state index >= 15 is 0 Å². The molecule has 2 aromatic rings. The SMILES string of the molecule is COC(=O)c1ccc2c(n1)N(C)C(=O)C1CN(C(=O)OCc3ccccc3)CCN21. The van der Waals surface area contributed by atoms with Gasteiger partial charge >= 0.3 is 12.1 Å². The van der Waals surface area contributed by atoms with E-state index in [1.54, 1.807) is 24.1 Å². The van der Waals surface area contributed by atoms with Gasteiger partial charge in [-0.2, -0.15) is 0 Å². The van der Waals surface area contributed by atoms with Crippen molar-refractivity contribution in [2.45, 2.75) is 12.6 Å². The van der Waals surface area contributed by atoms with Gasteiger partial charge < -0.3 is 19.3 Å². The Morgan fingerprint density at radius 2 is 1.90 bits per heavy atom. The molecular weight excluding hydrogens is 388 g/mol. The number of nitrogens with zero attached hydrogens (tertiary/aromatic N) is 4. The number of hydrogen-bond donors (Lipinski definition) is 0. The molecule has 2 aliphatic rings. The minimum absolute atomic E-state index is 0.137. The van der Waals surface area contributed by atoms with Gasteiger partial charge in [0, 0.05) is 20.1 Å². The molecule has 156 valence electrons. The van der Waals surface area contributed by atoms with Gasteiger partial charge in [-0.05, 0) is 17.7 Å². The van der Waals surface area contributed by atoms with Crippen molar-refractivity contribution in [3.05, 3.63) is 53.7 Å². The van der Waals surface area contributed by atoms with Gasteiger partial charge in [-0.3, -0.25) is 9.69 Å². The van der Waals surface area contributed by atoms with Gasteiger partial charge in [0.1, 0.15) is 12.6 Å². The molecule has 3 heterocycles. The molecule has 1 aromatic heterocycles. The first-order valence-corrected chi connectivity index (χ1v) is 9.59. The molecule has 1 saturated heterocycles. The Balaban J connectivity index is 1.49. The quantitative estimate of drug-likeness (QED) is 0.711. The Morgan fingerprint density at radius 3 is 2.63 bits per heavy atom. The number of piperazine rings is 1. The van der Waals surface area contributed by atoms with Crippen LogP contribution in [0.2, 0.25) is 0 Å². The van der Waals surface area contributed by atoms with Gasteiger partial charge in [0.25, 0.3) is 5.91 Å². The van der Waals surface area contributed by atoms with E-state index in [0.29, 0.717) is 18.9 Å². The number of carbonyl (C=O) groups is 3. The van der Waals surface area contributed by atoms with Crippen LogP contribution in [-0.2, 0) is 20.9 Å². The molecule has 9 heteroatoms. The lowest BCUT2D eigenvalue weighted by Crippen LogP contribution is -2.63. The molecule has 0 spiro atoms. The summed E-state index contributed by atoms with van der Waals surface area (Å²) in [5.41, 5.74) is 1.78. The van der Waals surface area contributed by atoms with Gasteiger partial charge in [-0.1, -0.05) is 30.3 Å². The molecular formula is C21H22N4O5. The summed E-state index contributed by atoms with van der Waals surface area (Å²) in [7, 11) is 2.89. The lowest BCUT2D eigenvalue weighted by Gasteiger charge is -2.46. The molecule has 0 N–H and O–H groups in total. The van der Waals surface area contributed by atoms with Crippen LogP contribution in [0.3, 0.4) is 0 Å². The predicted octanol–water partition coefficient (Wildman–Crippen LogP) is 1.67. The largest absolute Gasteiger partial charge is 0.464 e. The average Bonchev–Trinajstić information content (AvgIpc) is 2.80. The van der Waals surface area contributed by atoms with Gasteiger partial charge in [0.2, 0.25) is 0 Å². The van der Waals surface area contributed by atoms with E-state index in [-0.39, 0.29) is 24.8 Å². The van der Waals surface area contributed by atoms with Crippen LogP contribution >= 0.6 is 0 Å². The fourth-order valence-electron chi connectivity index (χ4n) is 3.72. The Bertz CT molecular complexity index is 981. The highest BCUT2D eigenvalue weighted by molar-refractivity contribution is 6.05. The second kappa shape index (κ2) is 8.02. The second-order valence-corrected chi connectivity index (χ2v) is 7.12. The van der Waals surface area contributed by atoms with E-state index in [1.807, 2.05) is 35.2 Å². The zero-order valence-electron chi connectivity index (χ0n) is 16.8. The summed E-state index contributed by atoms with van der Waals surface area (Å²) in [6.07, 6.45) is -0.445. The lowest BCUT2D eigenvalue weighted by molar-refractivity contribution is -0.120. The smallest absolute Gasteiger partial charge is 0.410 e. The number of fused-ring (bicyclic) bond motifs is 3. The number of hydrogen-bond acceptors (Lipinski definition) is 7. The zero-order chi connectivity index (χ0) is 21.3. The van der Waals surface area contributed by atoms with Crippen molar-refractivity contribution in [1.29, 1.82) is 0 Å². The maximum absolute atomic E-state index is 13.0. The van der Waals surface area contributed by atoms with Crippen molar-refractivity contribution in [3.63, 3.8) is 0 Å². The number of benzene rings is 1. The fraction of sp³-hybridized carbons (Fsp3) is 0.333. The number of anilines is 2. The Hall–Kier alpha value is -3.62. The van der Waals surface area contributed by atoms with Crippen LogP contribution in [0.1, 0.15) is 16.1 Å². The van der Waals surface area contributed by atoms with E-state index in [9.17, 15) is 14.4 Å². The normalized spacial score (nSPS) is 17.9. The molecule has 30 heavy (non-hydrogen) atoms. The molecule has 0 saturated carbocycles. The van der Waals surface area contributed by atoms with E-state index in [0.717, 1.165) is 11.3 Å². The summed E-state index contributed by atoms with van der Waals surface area (Å²) in [5, 5.41) is 0. The molecule has 2 aliphatic heterocycles. The summed E-state index contributed by atoms with van der Waals surface area (Å²) in [4.78, 5) is 46.5. The van der Waals surface area contributed by atoms with Crippen molar-refractivity contribution in [2.24, 2.45) is 0 Å². The van der Waals surface area contributed by atoms with Crippen molar-refractivity contribution in [2.75, 3.05) is 43.6 Å². The van der Waals surface area contributed by atoms with Crippen molar-refractivity contribution in [3.8, 4) is 0 Å². The number of rotatable bonds is 3. The zero-order valence-corrected chi connectivity index (χ0v) is 16.8. The van der Waals surface area contributed by atoms with Crippen LogP contribution in [0.15, 0.2) is 42.5 Å². The molecule has 1 fully saturated rings. The first-order valence-electron chi connectivity index (χ1n) is 9.59. The standard InChI is InChI=1S/C21H22N4O5/c1-23-18-16(9-8-15(22-18)20(27)29-2)25-11-10-24(12-17(25)19(23)26)21(28)30-13-14-6-4-3-5-7-14/h3-9,17H,10-13H2,1-2H3. The Morgan fingerprint density at radius 1 is 1.13 bits per heavy atom. The lowest BCUT2D eigenvalue weighted by atomic mass is 10.1. The van der Waals surface area contributed by atoms with Crippen LogP contribution in [0, 0.1) is 0 Å². The maximum Gasteiger partial charge on any atom is 0.410 e. The summed E-state index contributed by atoms with van der Waals surface area (Å²) < 4.78 is 10.1. The second-order valence-electron chi connectivity index (χ2n) is 7.12. The topological polar surface area (TPSA) is 92.3 Å². The maximum atomic E-state index is 13.0. The van der Waals surface area contributed by atoms with Crippen LogP contribution in [0.25, 0.3) is 0 Å². The minimum Gasteiger partial charge on any atom is -0.464 e. The van der Waals surface area contributed by atoms with Gasteiger partial charge in [-0.15, -0.1) is 0 Å². The summed E-state index contributed by atoms with van der Waals surface area (Å²) in [6.45, 7) is 1.27. The number of pyridine rings is 1. The highest BCUT2D eigenvalue weighted by Gasteiger charge is 2.42. The van der Waals surface area contributed by atoms with E-state index in [2.05, 4.69) is 4.98 Å². The van der Waals surface area contributed by atoms with Crippen LogP contribution in [0.4, 0.5) is 16.3 Å². The molecule has 9 nitrogen and oxygen atoms in total. The third kappa shape index (κ3) is 3.54. The minimum atomic E-state index is -0.563. The van der Waals surface area contributed by atoms with Crippen molar-refractivity contribution < 1.29 is 23.9 Å². The number of amides is 2. The third-order valence-electron chi connectivity index (χ3n) is 5.34. The number of carbonyl (C=O) groups excluding carboxylic acids is 3. The van der Waals surface area contributed by atoms with Crippen LogP contribution in [-0.4, -0.2) is 67.7 Å². The van der Waals surface area contributed by atoms with Crippen LogP contribution < -0.4 is 9.80 Å². The molecule has 1 atom stereocenters. The van der Waals surface area contributed by atoms with E-state index < -0.39 is 18.1 Å². The number of methoxy groups -OCH3 is 1. The number of ether oxygens (including phenoxy) is 2. The highest BCUT2D eigenvalue weighted by Crippen LogP contribution is 2.35. The molecule has 0 bridgehead atoms. The summed E-state index contributed by atoms with van der Waals surface area (Å²) in [6, 6.07) is 12.2. The number of likely N-dealkylation sites (N-methyl/N-ethyl adjacent to an activating group) is 1. The van der Waals surface area contributed by atoms with Gasteiger partial charge in [0.05, 0.1) is 19.3 Å². The van der Waals surface area contributed by atoms with E-state index in [4.69, 9.17) is 9.47 Å². The number of aromatic nitrogens is 1. The third-order valence-corrected chi connectivity index (χ3v) is 5.34. The molecule has 0 aliphatic carbocycles. The molecule has 4 rings (SSSR count). The molecule has 1 aromatic carbocycles. The number of esters is 1. The Kier molecular flexibility index (Phi) is 5.26. The highest BCUT2D eigenvalue weighted by atomic mass is 16.6. The monoisotopic (exact) mass is 410 g/mol. The predicted molar refractivity (Wildman–Crippen MR) is 108 cm³/mol. The van der Waals surface area contributed by atoms with Gasteiger partial charge in [-0.25, -0.2) is 14.6 Å². The molecule has 0 radical (unpaired) electrons. The van der Waals surface area contributed by atoms with Crippen LogP contribution in [0.5, 0.6) is 0 Å². The average molecular weight is 410 g/mol. The van der Waals surface area contributed by atoms with Crippen molar-refractivity contribution in [1.82, 2.24) is 9.88 Å². The van der Waals surface area contributed by atoms with E-state index in [1.165, 1.54) is 12.0 Å². The summed E-state index contributed by atoms with van der Waals surface area (Å²) >= 11 is 0. The Labute approximate surface area is 173 Å². The fourth-order valence-corrected chi connectivity index (χ4v) is 3.72. The summed E-state index contributed by atoms with van der Waals surface area (Å²) in [5.74, 6) is -0.358. The van der Waals surface area contributed by atoms with Crippen molar-refractivity contribution >= 4 is 29.5 Å². The van der Waals surface area contributed by atoms with Gasteiger partial charge in [0.15, 0.2) is 11.5 Å². The molecule has 1 unspecified atom stereocenters. The first kappa shape index (κ1) is 19.7. The first-order chi connectivity index (χ1) is 14.5. The molecule has 2 amide bonds.